The summed E-state index contributed by atoms with van der Waals surface area (Å²) in [6.07, 6.45) is 5.35. The second-order valence-corrected chi connectivity index (χ2v) is 9.20. The number of hydrogen-bond acceptors (Lipinski definition) is 6. The Kier molecular flexibility index (Phi) is 9.38. The smallest absolute Gasteiger partial charge is 0.160 e. The molecule has 1 unspecified atom stereocenters. The lowest BCUT2D eigenvalue weighted by Crippen LogP contribution is -2.23. The van der Waals surface area contributed by atoms with Gasteiger partial charge in [-0.05, 0) is 56.5 Å². The van der Waals surface area contributed by atoms with E-state index in [0.29, 0.717) is 18.6 Å². The van der Waals surface area contributed by atoms with Crippen molar-refractivity contribution in [2.24, 2.45) is 5.73 Å². The standard InChI is InChI=1S/C22H32N2O2S2/c1-5-13-24(3)22-12-11-21(28-22)20-10-9-17(27-20)15-18(16(2)23)19(25)8-6-7-14-26-4/h9-12,15-16H,5-8,13-14,23H2,1-4H3/b18-15+. The van der Waals surface area contributed by atoms with Crippen molar-refractivity contribution >= 4 is 39.5 Å². The highest BCUT2D eigenvalue weighted by molar-refractivity contribution is 7.24. The first-order chi connectivity index (χ1) is 13.5. The van der Waals surface area contributed by atoms with Gasteiger partial charge in [0.05, 0.1) is 5.00 Å². The van der Waals surface area contributed by atoms with Gasteiger partial charge in [-0.1, -0.05) is 6.92 Å². The Labute approximate surface area is 177 Å². The molecule has 0 saturated carbocycles. The first-order valence-electron chi connectivity index (χ1n) is 9.86. The lowest BCUT2D eigenvalue weighted by Gasteiger charge is -2.14. The van der Waals surface area contributed by atoms with Gasteiger partial charge in [-0.3, -0.25) is 4.79 Å². The number of Topliss-reactive ketones (excluding diaryl/α,β-unsaturated/α-hetero) is 1. The molecule has 2 aromatic rings. The van der Waals surface area contributed by atoms with Crippen molar-refractivity contribution in [3.05, 3.63) is 34.7 Å². The molecule has 0 bridgehead atoms. The molecule has 0 radical (unpaired) electrons. The SMILES string of the molecule is CCCN(C)c1ccc(-c2ccc(/C=C(/C(=O)CCCCOC)C(C)N)s2)s1. The van der Waals surface area contributed by atoms with E-state index >= 15 is 0 Å². The Morgan fingerprint density at radius 3 is 2.61 bits per heavy atom. The van der Waals surface area contributed by atoms with Crippen molar-refractivity contribution in [3.63, 3.8) is 0 Å². The summed E-state index contributed by atoms with van der Waals surface area (Å²) in [5.74, 6) is 0.139. The molecule has 0 aromatic carbocycles. The highest BCUT2D eigenvalue weighted by Crippen LogP contribution is 2.37. The Hall–Kier alpha value is -1.47. The number of methoxy groups -OCH3 is 1. The highest BCUT2D eigenvalue weighted by Gasteiger charge is 2.15. The number of ketones is 1. The Morgan fingerprint density at radius 1 is 1.21 bits per heavy atom. The predicted octanol–water partition coefficient (Wildman–Crippen LogP) is 5.44. The summed E-state index contributed by atoms with van der Waals surface area (Å²) in [5, 5.41) is 1.28. The van der Waals surface area contributed by atoms with E-state index in [1.807, 2.05) is 13.0 Å². The Bertz CT molecular complexity index is 777. The van der Waals surface area contributed by atoms with Crippen LogP contribution in [0.3, 0.4) is 0 Å². The molecule has 0 amide bonds. The van der Waals surface area contributed by atoms with Crippen LogP contribution in [0, 0.1) is 0 Å². The topological polar surface area (TPSA) is 55.6 Å². The minimum Gasteiger partial charge on any atom is -0.385 e. The number of unbranched alkanes of at least 4 members (excludes halogenated alkanes) is 1. The van der Waals surface area contributed by atoms with E-state index in [4.69, 9.17) is 10.5 Å². The van der Waals surface area contributed by atoms with Crippen molar-refractivity contribution in [1.29, 1.82) is 0 Å². The molecule has 2 heterocycles. The maximum Gasteiger partial charge on any atom is 0.160 e. The zero-order valence-corrected chi connectivity index (χ0v) is 19.0. The zero-order chi connectivity index (χ0) is 20.5. The van der Waals surface area contributed by atoms with E-state index in [-0.39, 0.29) is 11.8 Å². The van der Waals surface area contributed by atoms with Gasteiger partial charge in [0.2, 0.25) is 0 Å². The van der Waals surface area contributed by atoms with Crippen molar-refractivity contribution in [1.82, 2.24) is 0 Å². The van der Waals surface area contributed by atoms with Crippen molar-refractivity contribution in [2.45, 2.75) is 45.6 Å². The summed E-state index contributed by atoms with van der Waals surface area (Å²) in [4.78, 5) is 18.4. The molecule has 0 aliphatic rings. The van der Waals surface area contributed by atoms with Gasteiger partial charge in [-0.25, -0.2) is 0 Å². The molecule has 154 valence electrons. The monoisotopic (exact) mass is 420 g/mol. The third-order valence-corrected chi connectivity index (χ3v) is 6.94. The number of hydrogen-bond donors (Lipinski definition) is 1. The highest BCUT2D eigenvalue weighted by atomic mass is 32.1. The minimum absolute atomic E-state index is 0.139. The van der Waals surface area contributed by atoms with Gasteiger partial charge in [0, 0.05) is 60.0 Å². The average Bonchev–Trinajstić information content (AvgIpc) is 3.32. The van der Waals surface area contributed by atoms with Crippen LogP contribution in [0.25, 0.3) is 15.8 Å². The Balaban J connectivity index is 2.11. The fourth-order valence-corrected chi connectivity index (χ4v) is 5.01. The molecule has 2 rings (SSSR count). The third-order valence-electron chi connectivity index (χ3n) is 4.51. The van der Waals surface area contributed by atoms with Crippen LogP contribution < -0.4 is 10.6 Å². The molecular formula is C22H32N2O2S2. The predicted molar refractivity (Wildman–Crippen MR) is 124 cm³/mol. The number of nitrogens with two attached hydrogens (primary N) is 1. The van der Waals surface area contributed by atoms with Gasteiger partial charge in [-0.2, -0.15) is 0 Å². The maximum atomic E-state index is 12.6. The number of ether oxygens (including phenoxy) is 1. The summed E-state index contributed by atoms with van der Waals surface area (Å²) in [6, 6.07) is 8.31. The van der Waals surface area contributed by atoms with Crippen LogP contribution in [0.2, 0.25) is 0 Å². The van der Waals surface area contributed by atoms with E-state index in [1.165, 1.54) is 14.8 Å². The molecule has 0 fully saturated rings. The first kappa shape index (κ1) is 22.8. The Morgan fingerprint density at radius 2 is 1.93 bits per heavy atom. The van der Waals surface area contributed by atoms with Gasteiger partial charge in [0.1, 0.15) is 0 Å². The van der Waals surface area contributed by atoms with Crippen LogP contribution in [0.15, 0.2) is 29.8 Å². The zero-order valence-electron chi connectivity index (χ0n) is 17.4. The van der Waals surface area contributed by atoms with Crippen LogP contribution in [-0.2, 0) is 9.53 Å². The summed E-state index contributed by atoms with van der Waals surface area (Å²) >= 11 is 3.51. The molecule has 0 saturated heterocycles. The first-order valence-corrected chi connectivity index (χ1v) is 11.5. The van der Waals surface area contributed by atoms with E-state index in [9.17, 15) is 4.79 Å². The summed E-state index contributed by atoms with van der Waals surface area (Å²) in [5.41, 5.74) is 6.79. The van der Waals surface area contributed by atoms with E-state index in [1.54, 1.807) is 29.8 Å². The molecule has 0 aliphatic heterocycles. The number of thiophene rings is 2. The molecule has 6 heteroatoms. The molecule has 1 atom stereocenters. The number of carbonyl (C=O) groups is 1. The number of anilines is 1. The number of nitrogens with zero attached hydrogens (tertiary/aromatic N) is 1. The average molecular weight is 421 g/mol. The van der Waals surface area contributed by atoms with Crippen LogP contribution in [0.4, 0.5) is 5.00 Å². The maximum absolute atomic E-state index is 12.6. The molecule has 4 nitrogen and oxygen atoms in total. The fraction of sp³-hybridized carbons (Fsp3) is 0.500. The molecular weight excluding hydrogens is 388 g/mol. The van der Waals surface area contributed by atoms with E-state index in [2.05, 4.69) is 43.1 Å². The molecule has 0 aliphatic carbocycles. The van der Waals surface area contributed by atoms with Crippen LogP contribution in [-0.4, -0.2) is 39.1 Å². The summed E-state index contributed by atoms with van der Waals surface area (Å²) < 4.78 is 5.05. The van der Waals surface area contributed by atoms with Crippen LogP contribution >= 0.6 is 22.7 Å². The molecule has 2 aromatic heterocycles. The molecule has 0 spiro atoms. The van der Waals surface area contributed by atoms with E-state index in [0.717, 1.165) is 30.7 Å². The lowest BCUT2D eigenvalue weighted by atomic mass is 9.99. The lowest BCUT2D eigenvalue weighted by molar-refractivity contribution is -0.115. The minimum atomic E-state index is -0.267. The summed E-state index contributed by atoms with van der Waals surface area (Å²) in [6.45, 7) is 5.82. The quantitative estimate of drug-likeness (QED) is 0.367. The van der Waals surface area contributed by atoms with Crippen molar-refractivity contribution < 1.29 is 9.53 Å². The number of carbonyl (C=O) groups excluding carboxylic acids is 1. The summed E-state index contributed by atoms with van der Waals surface area (Å²) in [7, 11) is 3.82. The van der Waals surface area contributed by atoms with Gasteiger partial charge >= 0.3 is 0 Å². The normalized spacial score (nSPS) is 13.0. The van der Waals surface area contributed by atoms with Gasteiger partial charge in [0.25, 0.3) is 0 Å². The van der Waals surface area contributed by atoms with Crippen LogP contribution in [0.1, 0.15) is 44.4 Å². The van der Waals surface area contributed by atoms with Gasteiger partial charge in [-0.15, -0.1) is 22.7 Å². The van der Waals surface area contributed by atoms with Crippen LogP contribution in [0.5, 0.6) is 0 Å². The van der Waals surface area contributed by atoms with E-state index < -0.39 is 0 Å². The molecule has 2 N–H and O–H groups in total. The van der Waals surface area contributed by atoms with Crippen molar-refractivity contribution in [2.75, 3.05) is 32.2 Å². The second-order valence-electron chi connectivity index (χ2n) is 7.02. The molecule has 28 heavy (non-hydrogen) atoms. The largest absolute Gasteiger partial charge is 0.385 e. The van der Waals surface area contributed by atoms with Gasteiger partial charge in [0.15, 0.2) is 5.78 Å². The number of rotatable bonds is 12. The third kappa shape index (κ3) is 6.55. The van der Waals surface area contributed by atoms with Gasteiger partial charge < -0.3 is 15.4 Å². The second kappa shape index (κ2) is 11.5. The fourth-order valence-electron chi connectivity index (χ4n) is 2.97. The van der Waals surface area contributed by atoms with Crippen molar-refractivity contribution in [3.8, 4) is 9.75 Å².